The highest BCUT2D eigenvalue weighted by Crippen LogP contribution is 2.28. The van der Waals surface area contributed by atoms with Gasteiger partial charge in [0, 0.05) is 11.2 Å². The summed E-state index contributed by atoms with van der Waals surface area (Å²) < 4.78 is 1.89. The molecule has 0 saturated carbocycles. The topological polar surface area (TPSA) is 47.1 Å². The number of anilines is 1. The molecule has 0 radical (unpaired) electrons. The van der Waals surface area contributed by atoms with Crippen molar-refractivity contribution in [3.63, 3.8) is 0 Å². The summed E-state index contributed by atoms with van der Waals surface area (Å²) in [5.74, 6) is 0. The molecule has 0 bridgehead atoms. The number of halogens is 1. The van der Waals surface area contributed by atoms with Crippen molar-refractivity contribution in [2.75, 3.05) is 26.4 Å². The van der Waals surface area contributed by atoms with Crippen LogP contribution >= 0.6 is 11.6 Å². The molecule has 0 aliphatic rings. The van der Waals surface area contributed by atoms with E-state index < -0.39 is 0 Å². The van der Waals surface area contributed by atoms with Crippen molar-refractivity contribution in [1.82, 2.24) is 14.7 Å². The van der Waals surface area contributed by atoms with Crippen LogP contribution in [0, 0.1) is 0 Å². The molecule has 5 heteroatoms. The second-order valence-corrected chi connectivity index (χ2v) is 5.29. The van der Waals surface area contributed by atoms with Crippen LogP contribution < -0.4 is 5.73 Å². The highest BCUT2D eigenvalue weighted by molar-refractivity contribution is 6.31. The summed E-state index contributed by atoms with van der Waals surface area (Å²) in [6.45, 7) is 0.954. The molecule has 19 heavy (non-hydrogen) atoms. The second kappa shape index (κ2) is 6.08. The number of nitrogens with zero attached hydrogens (tertiary/aromatic N) is 3. The van der Waals surface area contributed by atoms with Gasteiger partial charge in [0.15, 0.2) is 0 Å². The Kier molecular flexibility index (Phi) is 4.45. The molecule has 1 heterocycles. The van der Waals surface area contributed by atoms with Crippen LogP contribution in [0.4, 0.5) is 5.69 Å². The van der Waals surface area contributed by atoms with Crippen molar-refractivity contribution in [2.24, 2.45) is 0 Å². The maximum absolute atomic E-state index is 6.31. The van der Waals surface area contributed by atoms with Crippen LogP contribution in [0.3, 0.4) is 0 Å². The smallest absolute Gasteiger partial charge is 0.0795 e. The van der Waals surface area contributed by atoms with E-state index in [-0.39, 0.29) is 6.04 Å². The molecule has 1 atom stereocenters. The molecule has 0 aliphatic heterocycles. The van der Waals surface area contributed by atoms with Crippen molar-refractivity contribution >= 4 is 17.3 Å². The molecule has 0 fully saturated rings. The molecule has 1 aromatic heterocycles. The van der Waals surface area contributed by atoms with Crippen molar-refractivity contribution < 1.29 is 0 Å². The van der Waals surface area contributed by atoms with E-state index in [1.807, 2.05) is 35.1 Å². The summed E-state index contributed by atoms with van der Waals surface area (Å²) in [5.41, 5.74) is 7.51. The minimum Gasteiger partial charge on any atom is -0.396 e. The van der Waals surface area contributed by atoms with Crippen molar-refractivity contribution in [3.8, 4) is 0 Å². The van der Waals surface area contributed by atoms with E-state index in [0.29, 0.717) is 5.69 Å². The quantitative estimate of drug-likeness (QED) is 0.915. The minimum atomic E-state index is 0.105. The lowest BCUT2D eigenvalue weighted by molar-refractivity contribution is 0.357. The van der Waals surface area contributed by atoms with Crippen molar-refractivity contribution in [1.29, 1.82) is 0 Å². The molecular formula is C14H19ClN4. The standard InChI is InChI=1S/C14H19ClN4/c1-18(2)8-7-14(19-10-11(16)9-17-19)12-5-3-4-6-13(12)15/h3-6,9-10,14H,7-8,16H2,1-2H3. The molecule has 1 aromatic carbocycles. The predicted octanol–water partition coefficient (Wildman–Crippen LogP) is 2.66. The number of nitrogen functional groups attached to an aromatic ring is 1. The molecule has 2 N–H and O–H groups in total. The van der Waals surface area contributed by atoms with Gasteiger partial charge in [0.2, 0.25) is 0 Å². The van der Waals surface area contributed by atoms with Gasteiger partial charge in [-0.25, -0.2) is 0 Å². The summed E-state index contributed by atoms with van der Waals surface area (Å²) in [5, 5.41) is 5.09. The molecular weight excluding hydrogens is 260 g/mol. The van der Waals surface area contributed by atoms with E-state index in [4.69, 9.17) is 17.3 Å². The van der Waals surface area contributed by atoms with Gasteiger partial charge in [0.25, 0.3) is 0 Å². The maximum atomic E-state index is 6.31. The van der Waals surface area contributed by atoms with Gasteiger partial charge >= 0.3 is 0 Å². The van der Waals surface area contributed by atoms with E-state index in [2.05, 4.69) is 24.1 Å². The summed E-state index contributed by atoms with van der Waals surface area (Å²) in [4.78, 5) is 2.15. The molecule has 102 valence electrons. The van der Waals surface area contributed by atoms with Crippen molar-refractivity contribution in [3.05, 3.63) is 47.2 Å². The third-order valence-corrected chi connectivity index (χ3v) is 3.40. The summed E-state index contributed by atoms with van der Waals surface area (Å²) in [7, 11) is 4.11. The molecule has 4 nitrogen and oxygen atoms in total. The largest absolute Gasteiger partial charge is 0.396 e. The van der Waals surface area contributed by atoms with E-state index in [1.54, 1.807) is 6.20 Å². The number of hydrogen-bond donors (Lipinski definition) is 1. The van der Waals surface area contributed by atoms with Gasteiger partial charge in [-0.2, -0.15) is 5.10 Å². The highest BCUT2D eigenvalue weighted by atomic mass is 35.5. The first-order valence-electron chi connectivity index (χ1n) is 6.26. The van der Waals surface area contributed by atoms with Gasteiger partial charge in [-0.15, -0.1) is 0 Å². The van der Waals surface area contributed by atoms with E-state index >= 15 is 0 Å². The van der Waals surface area contributed by atoms with Crippen LogP contribution in [0.1, 0.15) is 18.0 Å². The monoisotopic (exact) mass is 278 g/mol. The molecule has 2 rings (SSSR count). The Morgan fingerprint density at radius 2 is 2.11 bits per heavy atom. The average molecular weight is 279 g/mol. The van der Waals surface area contributed by atoms with Crippen LogP contribution in [0.25, 0.3) is 0 Å². The summed E-state index contributed by atoms with van der Waals surface area (Å²) >= 11 is 6.31. The van der Waals surface area contributed by atoms with Crippen LogP contribution in [0.5, 0.6) is 0 Å². The van der Waals surface area contributed by atoms with Crippen molar-refractivity contribution in [2.45, 2.75) is 12.5 Å². The normalized spacial score (nSPS) is 12.8. The number of benzene rings is 1. The Hall–Kier alpha value is -1.52. The second-order valence-electron chi connectivity index (χ2n) is 4.88. The predicted molar refractivity (Wildman–Crippen MR) is 79.4 cm³/mol. The Labute approximate surface area is 118 Å². The van der Waals surface area contributed by atoms with Gasteiger partial charge in [-0.1, -0.05) is 29.8 Å². The molecule has 0 aliphatic carbocycles. The first-order chi connectivity index (χ1) is 9.08. The summed E-state index contributed by atoms with van der Waals surface area (Å²) in [6.07, 6.45) is 4.45. The minimum absolute atomic E-state index is 0.105. The fourth-order valence-corrected chi connectivity index (χ4v) is 2.34. The number of aromatic nitrogens is 2. The lowest BCUT2D eigenvalue weighted by atomic mass is 10.0. The van der Waals surface area contributed by atoms with E-state index in [9.17, 15) is 0 Å². The Morgan fingerprint density at radius 3 is 2.68 bits per heavy atom. The lowest BCUT2D eigenvalue weighted by Gasteiger charge is -2.21. The molecule has 2 aromatic rings. The van der Waals surface area contributed by atoms with Crippen LogP contribution in [-0.2, 0) is 0 Å². The average Bonchev–Trinajstić information content (AvgIpc) is 2.78. The van der Waals surface area contributed by atoms with Gasteiger partial charge in [-0.3, -0.25) is 4.68 Å². The zero-order valence-corrected chi connectivity index (χ0v) is 12.0. The SMILES string of the molecule is CN(C)CCC(c1ccccc1Cl)n1cc(N)cn1. The molecule has 1 unspecified atom stereocenters. The highest BCUT2D eigenvalue weighted by Gasteiger charge is 2.17. The third kappa shape index (κ3) is 3.49. The number of hydrogen-bond acceptors (Lipinski definition) is 3. The fraction of sp³-hybridized carbons (Fsp3) is 0.357. The first-order valence-corrected chi connectivity index (χ1v) is 6.64. The molecule has 0 saturated heterocycles. The van der Waals surface area contributed by atoms with E-state index in [0.717, 1.165) is 23.6 Å². The Morgan fingerprint density at radius 1 is 1.37 bits per heavy atom. The van der Waals surface area contributed by atoms with Crippen LogP contribution in [0.2, 0.25) is 5.02 Å². The van der Waals surface area contributed by atoms with Crippen LogP contribution in [-0.4, -0.2) is 35.3 Å². The van der Waals surface area contributed by atoms with Crippen LogP contribution in [0.15, 0.2) is 36.7 Å². The zero-order chi connectivity index (χ0) is 13.8. The van der Waals surface area contributed by atoms with Gasteiger partial charge in [0.05, 0.1) is 17.9 Å². The maximum Gasteiger partial charge on any atom is 0.0795 e. The Balaban J connectivity index is 2.31. The van der Waals surface area contributed by atoms with E-state index in [1.165, 1.54) is 0 Å². The zero-order valence-electron chi connectivity index (χ0n) is 11.3. The fourth-order valence-electron chi connectivity index (χ4n) is 2.08. The lowest BCUT2D eigenvalue weighted by Crippen LogP contribution is -2.20. The Bertz CT molecular complexity index is 536. The van der Waals surface area contributed by atoms with Gasteiger partial charge in [-0.05, 0) is 38.7 Å². The van der Waals surface area contributed by atoms with Gasteiger partial charge in [0.1, 0.15) is 0 Å². The summed E-state index contributed by atoms with van der Waals surface area (Å²) in [6, 6.07) is 7.99. The first kappa shape index (κ1) is 13.9. The van der Waals surface area contributed by atoms with Gasteiger partial charge < -0.3 is 10.6 Å². The number of nitrogens with two attached hydrogens (primary N) is 1. The third-order valence-electron chi connectivity index (χ3n) is 3.05. The molecule has 0 spiro atoms. The molecule has 0 amide bonds. The number of rotatable bonds is 5.